The van der Waals surface area contributed by atoms with E-state index in [1.165, 1.54) is 0 Å². The summed E-state index contributed by atoms with van der Waals surface area (Å²) in [5, 5.41) is 2.93. The van der Waals surface area contributed by atoms with Gasteiger partial charge < -0.3 is 11.1 Å². The number of carbonyl (C=O) groups excluding carboxylic acids is 1. The minimum absolute atomic E-state index is 0. The van der Waals surface area contributed by atoms with Crippen LogP contribution in [0.5, 0.6) is 0 Å². The Morgan fingerprint density at radius 2 is 2.33 bits per heavy atom. The number of nitrogens with one attached hydrogen (secondary N) is 1. The lowest BCUT2D eigenvalue weighted by Crippen LogP contribution is -2.40. The molecule has 8 heteroatoms. The molecule has 1 atom stereocenters. The number of carbonyl (C=O) groups is 1. The number of nitrogens with zero attached hydrogens (tertiary/aromatic N) is 3. The van der Waals surface area contributed by atoms with Gasteiger partial charge in [-0.2, -0.15) is 8.73 Å². The summed E-state index contributed by atoms with van der Waals surface area (Å²) in [5.41, 5.74) is 8.02. The third-order valence-electron chi connectivity index (χ3n) is 3.68. The third-order valence-corrected chi connectivity index (χ3v) is 4.22. The Kier molecular flexibility index (Phi) is 5.46. The fraction of sp³-hybridized carbons (Fsp3) is 0.462. The zero-order valence-electron chi connectivity index (χ0n) is 11.5. The fourth-order valence-electron chi connectivity index (χ4n) is 2.65. The molecule has 3 N–H and O–H groups in total. The van der Waals surface area contributed by atoms with Gasteiger partial charge in [0.2, 0.25) is 5.91 Å². The molecule has 1 aromatic rings. The molecule has 21 heavy (non-hydrogen) atoms. The van der Waals surface area contributed by atoms with Crippen LogP contribution in [0, 0.1) is 0 Å². The summed E-state index contributed by atoms with van der Waals surface area (Å²) in [4.78, 5) is 14.3. The average molecular weight is 328 g/mol. The molecule has 1 aromatic carbocycles. The molecular formula is C13H18ClN5OS. The zero-order chi connectivity index (χ0) is 13.9. The molecular weight excluding hydrogens is 310 g/mol. The molecule has 3 rings (SSSR count). The summed E-state index contributed by atoms with van der Waals surface area (Å²) >= 11 is 1.15. The summed E-state index contributed by atoms with van der Waals surface area (Å²) in [6.07, 6.45) is 2.19. The van der Waals surface area contributed by atoms with Gasteiger partial charge in [0.1, 0.15) is 11.4 Å². The second kappa shape index (κ2) is 7.13. The number of amides is 1. The molecule has 1 amide bonds. The van der Waals surface area contributed by atoms with Gasteiger partial charge in [-0.1, -0.05) is 6.07 Å². The molecule has 1 saturated heterocycles. The van der Waals surface area contributed by atoms with Gasteiger partial charge in [-0.25, -0.2) is 0 Å². The first-order valence-electron chi connectivity index (χ1n) is 6.73. The largest absolute Gasteiger partial charge is 0.329 e. The standard InChI is InChI=1S/C13H17N5OS.ClH/c14-7-9-3-2-6-18(9)8-12(19)15-10-4-1-5-11-13(10)17-20-16-11;/h1,4-5,9H,2-3,6-8,14H2,(H,15,19);1H. The highest BCUT2D eigenvalue weighted by Gasteiger charge is 2.25. The number of nitrogens with two attached hydrogens (primary N) is 1. The van der Waals surface area contributed by atoms with Crippen LogP contribution in [0.4, 0.5) is 17.1 Å². The van der Waals surface area contributed by atoms with E-state index in [1.807, 2.05) is 18.2 Å². The Bertz CT molecular complexity index is 602. The minimum atomic E-state index is -0.0224. The van der Waals surface area contributed by atoms with Crippen LogP contribution in [0.1, 0.15) is 12.8 Å². The van der Waals surface area contributed by atoms with E-state index in [1.54, 1.807) is 0 Å². The van der Waals surface area contributed by atoms with Crippen molar-refractivity contribution < 1.29 is 4.79 Å². The van der Waals surface area contributed by atoms with Crippen LogP contribution in [0.15, 0.2) is 26.9 Å². The molecule has 2 aliphatic heterocycles. The van der Waals surface area contributed by atoms with Crippen LogP contribution in [-0.4, -0.2) is 36.5 Å². The highest BCUT2D eigenvalue weighted by Crippen LogP contribution is 2.38. The minimum Gasteiger partial charge on any atom is -0.329 e. The summed E-state index contributed by atoms with van der Waals surface area (Å²) < 4.78 is 8.38. The molecule has 0 aliphatic carbocycles. The lowest BCUT2D eigenvalue weighted by Gasteiger charge is -2.22. The second-order valence-electron chi connectivity index (χ2n) is 4.99. The molecule has 1 fully saturated rings. The summed E-state index contributed by atoms with van der Waals surface area (Å²) in [6, 6.07) is 5.95. The van der Waals surface area contributed by atoms with Crippen LogP contribution >= 0.6 is 12.4 Å². The van der Waals surface area contributed by atoms with Gasteiger partial charge in [-0.3, -0.25) is 9.69 Å². The number of fused-ring (bicyclic) bond motifs is 1. The Hall–Kier alpha value is -1.28. The van der Waals surface area contributed by atoms with Gasteiger partial charge in [-0.15, -0.1) is 12.4 Å². The average Bonchev–Trinajstić information content (AvgIpc) is 3.07. The smallest absolute Gasteiger partial charge is 0.238 e. The maximum Gasteiger partial charge on any atom is 0.238 e. The number of hydrogen-bond donors (Lipinski definition) is 2. The van der Waals surface area contributed by atoms with Crippen LogP contribution in [0.3, 0.4) is 0 Å². The van der Waals surface area contributed by atoms with Gasteiger partial charge in [0, 0.05) is 12.6 Å². The summed E-state index contributed by atoms with van der Waals surface area (Å²) in [6.45, 7) is 1.94. The monoisotopic (exact) mass is 327 g/mol. The molecule has 6 nitrogen and oxygen atoms in total. The predicted molar refractivity (Wildman–Crippen MR) is 87.5 cm³/mol. The number of anilines is 1. The maximum atomic E-state index is 12.2. The van der Waals surface area contributed by atoms with E-state index in [0.717, 1.165) is 47.8 Å². The van der Waals surface area contributed by atoms with Crippen LogP contribution < -0.4 is 11.1 Å². The number of benzene rings is 1. The van der Waals surface area contributed by atoms with Crippen LogP contribution in [0.2, 0.25) is 0 Å². The maximum absolute atomic E-state index is 12.2. The Morgan fingerprint density at radius 1 is 1.48 bits per heavy atom. The number of rotatable bonds is 4. The second-order valence-corrected chi connectivity index (χ2v) is 5.52. The summed E-state index contributed by atoms with van der Waals surface area (Å²) in [7, 11) is 0. The fourth-order valence-corrected chi connectivity index (χ4v) is 3.20. The van der Waals surface area contributed by atoms with E-state index < -0.39 is 0 Å². The molecule has 2 aliphatic rings. The van der Waals surface area contributed by atoms with Gasteiger partial charge >= 0.3 is 0 Å². The SMILES string of the molecule is Cl.NCC1CCCN1CC(=O)Nc1cccc2c1N=S=N2. The first kappa shape index (κ1) is 16.1. The Morgan fingerprint density at radius 3 is 3.14 bits per heavy atom. The normalized spacial score (nSPS) is 19.8. The van der Waals surface area contributed by atoms with E-state index in [2.05, 4.69) is 18.9 Å². The molecule has 0 saturated carbocycles. The number of likely N-dealkylation sites (tertiary alicyclic amines) is 1. The Balaban J connectivity index is 0.00000161. The van der Waals surface area contributed by atoms with Crippen molar-refractivity contribution >= 4 is 46.7 Å². The number of hydrogen-bond acceptors (Lipinski definition) is 5. The molecule has 1 unspecified atom stereocenters. The van der Waals surface area contributed by atoms with Gasteiger partial charge in [0.15, 0.2) is 0 Å². The number of halogens is 1. The highest BCUT2D eigenvalue weighted by molar-refractivity contribution is 7.58. The van der Waals surface area contributed by atoms with Crippen molar-refractivity contribution in [3.63, 3.8) is 0 Å². The van der Waals surface area contributed by atoms with Crippen molar-refractivity contribution in [3.8, 4) is 0 Å². The van der Waals surface area contributed by atoms with E-state index in [4.69, 9.17) is 5.73 Å². The van der Waals surface area contributed by atoms with Crippen molar-refractivity contribution in [2.24, 2.45) is 14.5 Å². The van der Waals surface area contributed by atoms with Crippen molar-refractivity contribution in [1.82, 2.24) is 4.90 Å². The van der Waals surface area contributed by atoms with Crippen molar-refractivity contribution in [1.29, 1.82) is 0 Å². The van der Waals surface area contributed by atoms with E-state index >= 15 is 0 Å². The first-order valence-corrected chi connectivity index (χ1v) is 7.46. The van der Waals surface area contributed by atoms with Gasteiger partial charge in [0.05, 0.1) is 23.6 Å². The van der Waals surface area contributed by atoms with Crippen molar-refractivity contribution in [3.05, 3.63) is 18.2 Å². The lowest BCUT2D eigenvalue weighted by molar-refractivity contribution is -0.117. The van der Waals surface area contributed by atoms with Crippen molar-refractivity contribution in [2.75, 3.05) is 25.0 Å². The van der Waals surface area contributed by atoms with Gasteiger partial charge in [0.25, 0.3) is 0 Å². The van der Waals surface area contributed by atoms with E-state index in [9.17, 15) is 4.79 Å². The van der Waals surface area contributed by atoms with Crippen LogP contribution in [-0.2, 0) is 16.1 Å². The van der Waals surface area contributed by atoms with E-state index in [0.29, 0.717) is 19.1 Å². The zero-order valence-corrected chi connectivity index (χ0v) is 13.1. The van der Waals surface area contributed by atoms with Gasteiger partial charge in [-0.05, 0) is 31.5 Å². The van der Waals surface area contributed by atoms with Crippen molar-refractivity contribution in [2.45, 2.75) is 18.9 Å². The quantitative estimate of drug-likeness (QED) is 0.903. The molecule has 0 aromatic heterocycles. The predicted octanol–water partition coefficient (Wildman–Crippen LogP) is 2.20. The molecule has 0 spiro atoms. The topological polar surface area (TPSA) is 83.1 Å². The molecule has 0 radical (unpaired) electrons. The van der Waals surface area contributed by atoms with Crippen LogP contribution in [0.25, 0.3) is 0 Å². The Labute approximate surface area is 133 Å². The lowest BCUT2D eigenvalue weighted by atomic mass is 10.2. The first-order chi connectivity index (χ1) is 9.78. The molecule has 0 bridgehead atoms. The summed E-state index contributed by atoms with van der Waals surface area (Å²) in [5.74, 6) is -0.0224. The molecule has 2 heterocycles. The highest BCUT2D eigenvalue weighted by atomic mass is 35.5. The third kappa shape index (κ3) is 3.49. The van der Waals surface area contributed by atoms with E-state index in [-0.39, 0.29) is 18.3 Å². The molecule has 114 valence electrons.